The van der Waals surface area contributed by atoms with Crippen molar-refractivity contribution in [3.05, 3.63) is 48.4 Å². The Hall–Kier alpha value is -3.73. The number of ether oxygens (including phenoxy) is 1. The van der Waals surface area contributed by atoms with E-state index in [1.54, 1.807) is 40.8 Å². The minimum absolute atomic E-state index is 0.274. The van der Waals surface area contributed by atoms with Gasteiger partial charge in [-0.1, -0.05) is 41.7 Å². The highest BCUT2D eigenvalue weighted by Gasteiger charge is 2.26. The van der Waals surface area contributed by atoms with E-state index < -0.39 is 17.7 Å². The van der Waals surface area contributed by atoms with Gasteiger partial charge in [-0.25, -0.2) is 19.7 Å². The van der Waals surface area contributed by atoms with Crippen LogP contribution in [0.3, 0.4) is 0 Å². The molecule has 0 saturated heterocycles. The molecule has 1 aromatic carbocycles. The standard InChI is InChI=1S/C25H33N7O3S/c1-16(32(6)24(34)35-25(3,4)5)22(33)27-13-12-26-20-14-21(30-17(2)29-20)31-23-28-15-19(36-23)18-10-8-7-9-11-18/h7-11,14-16H,12-13H2,1-6H3,(H,27,33)(H2,26,28,29,30,31). The van der Waals surface area contributed by atoms with Gasteiger partial charge in [0.05, 0.1) is 4.88 Å². The van der Waals surface area contributed by atoms with Crippen LogP contribution in [0.25, 0.3) is 10.4 Å². The molecule has 0 spiro atoms. The number of benzene rings is 1. The minimum Gasteiger partial charge on any atom is -0.444 e. The highest BCUT2D eigenvalue weighted by Crippen LogP contribution is 2.30. The molecule has 0 aliphatic heterocycles. The molecule has 3 aromatic rings. The van der Waals surface area contributed by atoms with Crippen LogP contribution in [0.2, 0.25) is 0 Å². The molecule has 3 N–H and O–H groups in total. The fraction of sp³-hybridized carbons (Fsp3) is 0.400. The van der Waals surface area contributed by atoms with Gasteiger partial charge in [0.15, 0.2) is 5.13 Å². The maximum absolute atomic E-state index is 12.5. The summed E-state index contributed by atoms with van der Waals surface area (Å²) in [5.41, 5.74) is 0.483. The molecule has 0 bridgehead atoms. The predicted octanol–water partition coefficient (Wildman–Crippen LogP) is 4.44. The topological polar surface area (TPSA) is 121 Å². The van der Waals surface area contributed by atoms with Crippen LogP contribution >= 0.6 is 11.3 Å². The Balaban J connectivity index is 1.50. The third kappa shape index (κ3) is 7.91. The molecule has 10 nitrogen and oxygen atoms in total. The van der Waals surface area contributed by atoms with E-state index in [0.717, 1.165) is 15.6 Å². The summed E-state index contributed by atoms with van der Waals surface area (Å²) in [6.07, 6.45) is 1.29. The Morgan fingerprint density at radius 3 is 2.50 bits per heavy atom. The summed E-state index contributed by atoms with van der Waals surface area (Å²) in [5, 5.41) is 9.98. The van der Waals surface area contributed by atoms with E-state index in [1.807, 2.05) is 43.5 Å². The zero-order valence-corrected chi connectivity index (χ0v) is 22.3. The average Bonchev–Trinajstić information content (AvgIpc) is 3.28. The van der Waals surface area contributed by atoms with E-state index in [1.165, 1.54) is 16.2 Å². The van der Waals surface area contributed by atoms with Crippen molar-refractivity contribution in [1.29, 1.82) is 0 Å². The van der Waals surface area contributed by atoms with Gasteiger partial charge < -0.3 is 20.7 Å². The molecule has 0 radical (unpaired) electrons. The number of carbonyl (C=O) groups excluding carboxylic acids is 2. The number of nitrogens with zero attached hydrogens (tertiary/aromatic N) is 4. The molecule has 2 aromatic heterocycles. The molecule has 0 saturated carbocycles. The molecular weight excluding hydrogens is 478 g/mol. The van der Waals surface area contributed by atoms with Gasteiger partial charge in [0.2, 0.25) is 5.91 Å². The molecule has 2 heterocycles. The number of thiazole rings is 1. The first-order chi connectivity index (χ1) is 17.0. The van der Waals surface area contributed by atoms with Crippen molar-refractivity contribution in [3.63, 3.8) is 0 Å². The lowest BCUT2D eigenvalue weighted by atomic mass is 10.2. The summed E-state index contributed by atoms with van der Waals surface area (Å²) in [7, 11) is 1.54. The lowest BCUT2D eigenvalue weighted by Crippen LogP contribution is -2.48. The smallest absolute Gasteiger partial charge is 0.410 e. The van der Waals surface area contributed by atoms with Crippen molar-refractivity contribution in [1.82, 2.24) is 25.2 Å². The first-order valence-corrected chi connectivity index (χ1v) is 12.4. The minimum atomic E-state index is -0.670. The normalized spacial score (nSPS) is 11.9. The number of aryl methyl sites for hydroxylation is 1. The number of likely N-dealkylation sites (N-methyl/N-ethyl adjacent to an activating group) is 1. The molecule has 0 aliphatic carbocycles. The number of anilines is 3. The van der Waals surface area contributed by atoms with E-state index in [4.69, 9.17) is 4.74 Å². The van der Waals surface area contributed by atoms with Crippen molar-refractivity contribution in [3.8, 4) is 10.4 Å². The first-order valence-electron chi connectivity index (χ1n) is 11.6. The Labute approximate surface area is 215 Å². The number of amides is 2. The van der Waals surface area contributed by atoms with Gasteiger partial charge in [0.25, 0.3) is 0 Å². The lowest BCUT2D eigenvalue weighted by molar-refractivity contribution is -0.125. The van der Waals surface area contributed by atoms with Crippen molar-refractivity contribution >= 4 is 40.1 Å². The number of hydrogen-bond donors (Lipinski definition) is 3. The van der Waals surface area contributed by atoms with Crippen LogP contribution in [0.1, 0.15) is 33.5 Å². The maximum atomic E-state index is 12.5. The van der Waals surface area contributed by atoms with Gasteiger partial charge in [0.1, 0.15) is 29.1 Å². The van der Waals surface area contributed by atoms with Crippen LogP contribution in [0, 0.1) is 6.92 Å². The summed E-state index contributed by atoms with van der Waals surface area (Å²) < 4.78 is 5.31. The Bertz CT molecular complexity index is 1180. The fourth-order valence-corrected chi connectivity index (χ4v) is 3.92. The van der Waals surface area contributed by atoms with Gasteiger partial charge in [-0.2, -0.15) is 0 Å². The molecule has 192 valence electrons. The van der Waals surface area contributed by atoms with Crippen LogP contribution < -0.4 is 16.0 Å². The highest BCUT2D eigenvalue weighted by atomic mass is 32.1. The van der Waals surface area contributed by atoms with Gasteiger partial charge in [-0.05, 0) is 40.2 Å². The number of carbonyl (C=O) groups is 2. The van der Waals surface area contributed by atoms with Crippen molar-refractivity contribution in [2.24, 2.45) is 0 Å². The maximum Gasteiger partial charge on any atom is 0.410 e. The van der Waals surface area contributed by atoms with Crippen molar-refractivity contribution in [2.75, 3.05) is 30.8 Å². The molecule has 3 rings (SSSR count). The van der Waals surface area contributed by atoms with Crippen molar-refractivity contribution < 1.29 is 14.3 Å². The van der Waals surface area contributed by atoms with E-state index in [0.29, 0.717) is 30.5 Å². The van der Waals surface area contributed by atoms with Gasteiger partial charge in [0, 0.05) is 32.4 Å². The summed E-state index contributed by atoms with van der Waals surface area (Å²) >= 11 is 1.54. The molecular formula is C25H33N7O3S. The van der Waals surface area contributed by atoms with Crippen LogP contribution in [0.15, 0.2) is 42.6 Å². The second-order valence-corrected chi connectivity index (χ2v) is 10.2. The Kier molecular flexibility index (Phi) is 8.81. The molecule has 0 aliphatic rings. The number of nitrogens with one attached hydrogen (secondary N) is 3. The molecule has 1 unspecified atom stereocenters. The zero-order chi connectivity index (χ0) is 26.3. The summed E-state index contributed by atoms with van der Waals surface area (Å²) in [6.45, 7) is 9.60. The molecule has 2 amide bonds. The van der Waals surface area contributed by atoms with Crippen LogP contribution in [-0.4, -0.2) is 63.6 Å². The van der Waals surface area contributed by atoms with Gasteiger partial charge in [-0.15, -0.1) is 0 Å². The first kappa shape index (κ1) is 26.9. The highest BCUT2D eigenvalue weighted by molar-refractivity contribution is 7.18. The average molecular weight is 512 g/mol. The Morgan fingerprint density at radius 1 is 1.11 bits per heavy atom. The summed E-state index contributed by atoms with van der Waals surface area (Å²) in [6, 6.07) is 11.2. The quantitative estimate of drug-likeness (QED) is 0.361. The number of hydrogen-bond acceptors (Lipinski definition) is 9. The third-order valence-electron chi connectivity index (χ3n) is 5.01. The fourth-order valence-electron chi connectivity index (χ4n) is 3.09. The van der Waals surface area contributed by atoms with Crippen molar-refractivity contribution in [2.45, 2.75) is 46.3 Å². The summed E-state index contributed by atoms with van der Waals surface area (Å²) in [5.74, 6) is 1.57. The largest absolute Gasteiger partial charge is 0.444 e. The second kappa shape index (κ2) is 11.8. The molecule has 0 fully saturated rings. The van der Waals surface area contributed by atoms with E-state index in [9.17, 15) is 9.59 Å². The lowest BCUT2D eigenvalue weighted by Gasteiger charge is -2.28. The molecule has 36 heavy (non-hydrogen) atoms. The van der Waals surface area contributed by atoms with Gasteiger partial charge in [-0.3, -0.25) is 9.69 Å². The SMILES string of the molecule is Cc1nc(NCCNC(=O)C(C)N(C)C(=O)OC(C)(C)C)cc(Nc2ncc(-c3ccccc3)s2)n1. The van der Waals surface area contributed by atoms with E-state index >= 15 is 0 Å². The third-order valence-corrected chi connectivity index (χ3v) is 5.97. The van der Waals surface area contributed by atoms with E-state index in [2.05, 4.69) is 30.9 Å². The summed E-state index contributed by atoms with van der Waals surface area (Å²) in [4.78, 5) is 40.3. The molecule has 1 atom stereocenters. The van der Waals surface area contributed by atoms with Crippen LogP contribution in [0.5, 0.6) is 0 Å². The monoisotopic (exact) mass is 511 g/mol. The second-order valence-electron chi connectivity index (χ2n) is 9.19. The van der Waals surface area contributed by atoms with Crippen LogP contribution in [0.4, 0.5) is 21.6 Å². The number of rotatable bonds is 9. The number of aromatic nitrogens is 3. The zero-order valence-electron chi connectivity index (χ0n) is 21.5. The Morgan fingerprint density at radius 2 is 1.81 bits per heavy atom. The van der Waals surface area contributed by atoms with Gasteiger partial charge >= 0.3 is 6.09 Å². The predicted molar refractivity (Wildman–Crippen MR) is 143 cm³/mol. The molecule has 11 heteroatoms. The van der Waals surface area contributed by atoms with E-state index in [-0.39, 0.29) is 5.91 Å². The van der Waals surface area contributed by atoms with Crippen LogP contribution in [-0.2, 0) is 9.53 Å².